The number of rotatable bonds is 28. The largest absolute Gasteiger partial charge is 0.504 e. The lowest BCUT2D eigenvalue weighted by molar-refractivity contribution is -0.929. The number of hydrogen-bond acceptors (Lipinski definition) is 19. The third-order valence-corrected chi connectivity index (χ3v) is 15.3. The minimum absolute atomic E-state index is 0.167. The average Bonchev–Trinajstić information content (AvgIpc) is 0.829. The summed E-state index contributed by atoms with van der Waals surface area (Å²) in [6.07, 6.45) is 22.1. The molecule has 6 rings (SSSR count). The van der Waals surface area contributed by atoms with Crippen LogP contribution < -0.4 is 0 Å². The molecule has 524 valence electrons. The molecule has 0 heterocycles. The van der Waals surface area contributed by atoms with Crippen LogP contribution in [-0.4, -0.2) is 139 Å². The summed E-state index contributed by atoms with van der Waals surface area (Å²) in [5.41, 5.74) is 4.73. The first-order valence-electron chi connectivity index (χ1n) is 32.4. The fourth-order valence-electron chi connectivity index (χ4n) is 10.1. The van der Waals surface area contributed by atoms with E-state index in [-0.39, 0.29) is 5.78 Å². The first-order chi connectivity index (χ1) is 44.4. The third-order valence-electron chi connectivity index (χ3n) is 15.3. The van der Waals surface area contributed by atoms with Gasteiger partial charge in [-0.25, -0.2) is 0 Å². The van der Waals surface area contributed by atoms with E-state index >= 15 is 0 Å². The molecular weight excluding hydrogens is 1210 g/mol. The van der Waals surface area contributed by atoms with E-state index in [1.54, 1.807) is 48.5 Å². The van der Waals surface area contributed by atoms with Gasteiger partial charge in [0.05, 0.1) is 62.5 Å². The van der Waals surface area contributed by atoms with E-state index in [1.807, 2.05) is 0 Å². The van der Waals surface area contributed by atoms with Crippen molar-refractivity contribution in [2.24, 2.45) is 0 Å². The zero-order chi connectivity index (χ0) is 71.6. The Labute approximate surface area is 554 Å². The lowest BCUT2D eigenvalue weighted by Gasteiger charge is -2.39. The van der Waals surface area contributed by atoms with Crippen LogP contribution in [0.2, 0.25) is 0 Å². The van der Waals surface area contributed by atoms with Gasteiger partial charge in [-0.15, -0.1) is 0 Å². The number of unbranched alkanes of at least 4 members (excludes halogenated alkanes) is 8. The topological polar surface area (TPSA) is 392 Å². The van der Waals surface area contributed by atoms with Crippen LogP contribution in [0.4, 0.5) is 0 Å². The smallest absolute Gasteiger partial charge is 0.200 e. The second-order valence-corrected chi connectivity index (χ2v) is 23.3. The van der Waals surface area contributed by atoms with Crippen molar-refractivity contribution in [2.45, 2.75) is 172 Å². The molecule has 0 unspecified atom stereocenters. The minimum atomic E-state index is -1.75. The number of benzene rings is 6. The molecule has 12 N–H and O–H groups in total. The van der Waals surface area contributed by atoms with Crippen molar-refractivity contribution >= 4 is 5.78 Å². The van der Waals surface area contributed by atoms with Gasteiger partial charge in [0, 0.05) is 0 Å². The van der Waals surface area contributed by atoms with Crippen LogP contribution in [0.1, 0.15) is 172 Å². The van der Waals surface area contributed by atoms with Crippen LogP contribution in [0.15, 0.2) is 97.1 Å². The molecule has 0 saturated carbocycles. The number of quaternary nitrogens is 2. The molecular formula is C71H106N4O19. The Bertz CT molecular complexity index is 2590. The number of ketones is 1. The van der Waals surface area contributed by atoms with Crippen LogP contribution in [0.5, 0.6) is 69.0 Å². The Kier molecular flexibility index (Phi) is 41.6. The summed E-state index contributed by atoms with van der Waals surface area (Å²) in [5.74, 6) is -5.57. The van der Waals surface area contributed by atoms with E-state index in [4.69, 9.17) is 30.6 Å². The molecule has 0 bridgehead atoms. The first-order valence-corrected chi connectivity index (χ1v) is 32.4. The van der Waals surface area contributed by atoms with Crippen LogP contribution >= 0.6 is 0 Å². The molecule has 23 heteroatoms. The summed E-state index contributed by atoms with van der Waals surface area (Å²) < 4.78 is 2.84. The number of carbonyl (C=O) groups excluding carboxylic acids is 1. The molecule has 0 aliphatic carbocycles. The maximum Gasteiger partial charge on any atom is 0.200 e. The van der Waals surface area contributed by atoms with E-state index in [9.17, 15) is 66.1 Å². The number of aromatic hydroxyl groups is 12. The molecule has 23 nitrogen and oxygen atoms in total. The van der Waals surface area contributed by atoms with Crippen molar-refractivity contribution in [3.63, 3.8) is 0 Å². The second-order valence-electron chi connectivity index (χ2n) is 23.3. The number of hydrogen-bond donors (Lipinski definition) is 12. The van der Waals surface area contributed by atoms with Crippen LogP contribution in [0.3, 0.4) is 0 Å². The van der Waals surface area contributed by atoms with Gasteiger partial charge in [0.25, 0.3) is 0 Å². The normalized spacial score (nSPS) is 10.6. The van der Waals surface area contributed by atoms with Crippen molar-refractivity contribution < 1.29 is 85.2 Å². The maximum atomic E-state index is 9.57. The molecule has 0 fully saturated rings. The van der Waals surface area contributed by atoms with Crippen molar-refractivity contribution in [3.8, 4) is 114 Å². The molecule has 6 aromatic rings. The summed E-state index contributed by atoms with van der Waals surface area (Å²) in [5, 5.41) is 144. The highest BCUT2D eigenvalue weighted by Crippen LogP contribution is 2.43. The second kappa shape index (κ2) is 46.1. The highest BCUT2D eigenvalue weighted by Gasteiger charge is 2.26. The standard InChI is InChI=1S/2C18H14O6.2C16H36N.C3H6O.2NO3/c2*19-13-5-11(6-14(20)17(13)23)9-1-2-10(4-3-9)12-7-15(21)18(24)16(22)8-12;2*1-5-9-13-17(14-10-6-2,15-11-7-3)16-12-8-4;1-3(2)4;2*2-1(3)4/h2*1-8,19-24H;2*5-16H2,1-4H3;1-2H3;;/q;;2*+1;;2*-1. The van der Waals surface area contributed by atoms with Crippen molar-refractivity contribution in [1.29, 1.82) is 0 Å². The summed E-state index contributed by atoms with van der Waals surface area (Å²) in [6.45, 7) is 33.1. The van der Waals surface area contributed by atoms with Crippen molar-refractivity contribution in [2.75, 3.05) is 52.4 Å². The molecule has 0 amide bonds. The highest BCUT2D eigenvalue weighted by molar-refractivity contribution is 5.77. The summed E-state index contributed by atoms with van der Waals surface area (Å²) in [6, 6.07) is 24.3. The van der Waals surface area contributed by atoms with E-state index < -0.39 is 79.2 Å². The molecule has 0 aliphatic rings. The first kappa shape index (κ1) is 84.9. The Morgan fingerprint density at radius 3 is 0.489 bits per heavy atom. The van der Waals surface area contributed by atoms with E-state index in [2.05, 4.69) is 55.4 Å². The van der Waals surface area contributed by atoms with Gasteiger partial charge in [0.1, 0.15) is 5.78 Å². The molecule has 0 atom stereocenters. The minimum Gasteiger partial charge on any atom is -0.504 e. The molecule has 0 spiro atoms. The van der Waals surface area contributed by atoms with Gasteiger partial charge < -0.3 is 106 Å². The fraction of sp³-hybridized carbons (Fsp3) is 0.479. The molecule has 6 aromatic carbocycles. The average molecular weight is 1320 g/mol. The fourth-order valence-corrected chi connectivity index (χ4v) is 10.1. The molecule has 0 aliphatic heterocycles. The molecule has 0 saturated heterocycles. The van der Waals surface area contributed by atoms with Crippen LogP contribution in [0, 0.1) is 30.6 Å². The number of nitrogens with zero attached hydrogens (tertiary/aromatic N) is 4. The zero-order valence-corrected chi connectivity index (χ0v) is 56.7. The predicted octanol–water partition coefficient (Wildman–Crippen LogP) is 16.6. The Balaban J connectivity index is 0.00000117. The van der Waals surface area contributed by atoms with Gasteiger partial charge in [-0.05, 0) is 158 Å². The van der Waals surface area contributed by atoms with E-state index in [0.29, 0.717) is 44.5 Å². The molecule has 0 radical (unpaired) electrons. The molecule has 94 heavy (non-hydrogen) atoms. The van der Waals surface area contributed by atoms with Crippen LogP contribution in [-0.2, 0) is 4.79 Å². The summed E-state index contributed by atoms with van der Waals surface area (Å²) in [7, 11) is 0. The van der Waals surface area contributed by atoms with Gasteiger partial charge in [-0.1, -0.05) is 155 Å². The Morgan fingerprint density at radius 1 is 0.287 bits per heavy atom. The van der Waals surface area contributed by atoms with E-state index in [1.165, 1.54) is 226 Å². The maximum absolute atomic E-state index is 9.57. The Hall–Kier alpha value is -9.09. The van der Waals surface area contributed by atoms with Crippen molar-refractivity contribution in [1.82, 2.24) is 0 Å². The lowest BCUT2D eigenvalue weighted by atomic mass is 9.99. The summed E-state index contributed by atoms with van der Waals surface area (Å²) in [4.78, 5) is 25.9. The van der Waals surface area contributed by atoms with Gasteiger partial charge >= 0.3 is 0 Å². The quantitative estimate of drug-likeness (QED) is 0.00939. The van der Waals surface area contributed by atoms with Gasteiger partial charge in [0.2, 0.25) is 0 Å². The Morgan fingerprint density at radius 2 is 0.394 bits per heavy atom. The van der Waals surface area contributed by atoms with Gasteiger partial charge in [-0.2, -0.15) is 0 Å². The predicted molar refractivity (Wildman–Crippen MR) is 370 cm³/mol. The summed E-state index contributed by atoms with van der Waals surface area (Å²) >= 11 is 0. The SMILES string of the molecule is CC(C)=O.CCCC[N+](CCCC)(CCCC)CCCC.CCCC[N+](CCCC)(CCCC)CCCC.O=[N+]([O-])[O-].O=[N+]([O-])[O-].Oc1cc(-c2ccc(-c3cc(O)c(O)c(O)c3)cc2)cc(O)c1O.Oc1cc(-c2ccc(-c3cc(O)c(O)c(O)c3)cc2)cc(O)c1O. The van der Waals surface area contributed by atoms with E-state index in [0.717, 1.165) is 0 Å². The number of phenols is 12. The zero-order valence-electron chi connectivity index (χ0n) is 56.7. The highest BCUT2D eigenvalue weighted by atomic mass is 16.9. The van der Waals surface area contributed by atoms with Crippen molar-refractivity contribution in [3.05, 3.63) is 128 Å². The third kappa shape index (κ3) is 32.5. The monoisotopic (exact) mass is 1320 g/mol. The van der Waals surface area contributed by atoms with Gasteiger partial charge in [-0.3, -0.25) is 0 Å². The number of carbonyl (C=O) groups is 1. The van der Waals surface area contributed by atoms with Crippen LogP contribution in [0.25, 0.3) is 44.5 Å². The number of phenolic OH excluding ortho intramolecular Hbond substituents is 12. The lowest BCUT2D eigenvalue weighted by Crippen LogP contribution is -2.50. The number of Topliss-reactive ketones (excluding diaryl/α,β-unsaturated/α-hetero) is 1. The van der Waals surface area contributed by atoms with Gasteiger partial charge in [0.15, 0.2) is 69.0 Å². The molecule has 0 aromatic heterocycles.